The van der Waals surface area contributed by atoms with Gasteiger partial charge in [-0.2, -0.15) is 4.98 Å². The standard InChI is InChI=1S/C13H20N4O5/c14-7-8-10(18)11(19)12(22-8)17-2-1-9(15-13(17)20)16-3-5-21-6-4-16/h1-2,8,10-12,18-19H,3-7,14H2/t8-,10+,11+,12-/m1/s1. The lowest BCUT2D eigenvalue weighted by atomic mass is 10.1. The maximum atomic E-state index is 12.2. The van der Waals surface area contributed by atoms with E-state index in [-0.39, 0.29) is 6.54 Å². The fraction of sp³-hybridized carbons (Fsp3) is 0.692. The zero-order valence-corrected chi connectivity index (χ0v) is 12.0. The van der Waals surface area contributed by atoms with Crippen LogP contribution in [-0.4, -0.2) is 70.9 Å². The van der Waals surface area contributed by atoms with E-state index in [1.165, 1.54) is 10.8 Å². The summed E-state index contributed by atoms with van der Waals surface area (Å²) in [6.45, 7) is 2.60. The summed E-state index contributed by atoms with van der Waals surface area (Å²) < 4.78 is 11.9. The molecule has 0 amide bonds. The van der Waals surface area contributed by atoms with Gasteiger partial charge in [0, 0.05) is 25.8 Å². The van der Waals surface area contributed by atoms with Crippen LogP contribution in [0.1, 0.15) is 6.23 Å². The van der Waals surface area contributed by atoms with Crippen molar-refractivity contribution in [1.29, 1.82) is 0 Å². The van der Waals surface area contributed by atoms with E-state index in [9.17, 15) is 15.0 Å². The highest BCUT2D eigenvalue weighted by atomic mass is 16.6. The lowest BCUT2D eigenvalue weighted by Crippen LogP contribution is -2.40. The molecule has 0 bridgehead atoms. The summed E-state index contributed by atoms with van der Waals surface area (Å²) in [6, 6.07) is 1.69. The van der Waals surface area contributed by atoms with Crippen LogP contribution in [-0.2, 0) is 9.47 Å². The Kier molecular flexibility index (Phi) is 4.41. The number of hydrogen-bond acceptors (Lipinski definition) is 8. The maximum Gasteiger partial charge on any atom is 0.351 e. The minimum Gasteiger partial charge on any atom is -0.387 e. The second-order valence-electron chi connectivity index (χ2n) is 5.36. The molecule has 9 nitrogen and oxygen atoms in total. The SMILES string of the molecule is NC[C@H]1O[C@@H](n2ccc(N3CCOCC3)nc2=O)[C@@H](O)[C@H]1O. The van der Waals surface area contributed by atoms with Crippen LogP contribution in [0, 0.1) is 0 Å². The van der Waals surface area contributed by atoms with Crippen molar-refractivity contribution < 1.29 is 19.7 Å². The van der Waals surface area contributed by atoms with Crippen molar-refractivity contribution in [2.24, 2.45) is 5.73 Å². The number of anilines is 1. The van der Waals surface area contributed by atoms with Crippen LogP contribution in [0.15, 0.2) is 17.1 Å². The number of aliphatic hydroxyl groups excluding tert-OH is 2. The van der Waals surface area contributed by atoms with Crippen LogP contribution in [0.4, 0.5) is 5.82 Å². The van der Waals surface area contributed by atoms with Crippen molar-refractivity contribution in [3.8, 4) is 0 Å². The topological polar surface area (TPSA) is 123 Å². The van der Waals surface area contributed by atoms with E-state index in [1.54, 1.807) is 6.07 Å². The number of ether oxygens (including phenoxy) is 2. The van der Waals surface area contributed by atoms with Crippen LogP contribution in [0.25, 0.3) is 0 Å². The number of nitrogens with two attached hydrogens (primary N) is 1. The summed E-state index contributed by atoms with van der Waals surface area (Å²) in [5.74, 6) is 0.563. The molecule has 22 heavy (non-hydrogen) atoms. The van der Waals surface area contributed by atoms with Crippen molar-refractivity contribution >= 4 is 5.82 Å². The number of aromatic nitrogens is 2. The molecule has 2 fully saturated rings. The van der Waals surface area contributed by atoms with Gasteiger partial charge in [-0.05, 0) is 6.07 Å². The second kappa shape index (κ2) is 6.31. The van der Waals surface area contributed by atoms with Gasteiger partial charge in [0.1, 0.15) is 24.1 Å². The summed E-state index contributed by atoms with van der Waals surface area (Å²) in [7, 11) is 0. The molecule has 0 saturated carbocycles. The molecule has 0 radical (unpaired) electrons. The minimum absolute atomic E-state index is 0.0583. The molecule has 2 aliphatic rings. The predicted molar refractivity (Wildman–Crippen MR) is 76.5 cm³/mol. The zero-order chi connectivity index (χ0) is 15.7. The van der Waals surface area contributed by atoms with Gasteiger partial charge in [0.25, 0.3) is 0 Å². The summed E-state index contributed by atoms with van der Waals surface area (Å²) in [6.07, 6.45) is -2.52. The Labute approximate surface area is 126 Å². The van der Waals surface area contributed by atoms with E-state index < -0.39 is 30.2 Å². The van der Waals surface area contributed by atoms with Gasteiger partial charge in [0.05, 0.1) is 13.2 Å². The lowest BCUT2D eigenvalue weighted by Gasteiger charge is -2.28. The monoisotopic (exact) mass is 312 g/mol. The van der Waals surface area contributed by atoms with Crippen molar-refractivity contribution in [3.05, 3.63) is 22.7 Å². The molecule has 0 unspecified atom stereocenters. The Morgan fingerprint density at radius 2 is 2.05 bits per heavy atom. The highest BCUT2D eigenvalue weighted by Gasteiger charge is 2.43. The average Bonchev–Trinajstić information content (AvgIpc) is 2.83. The third kappa shape index (κ3) is 2.73. The van der Waals surface area contributed by atoms with Crippen LogP contribution >= 0.6 is 0 Å². The Balaban J connectivity index is 1.82. The van der Waals surface area contributed by atoms with Crippen LogP contribution in [0.3, 0.4) is 0 Å². The van der Waals surface area contributed by atoms with Gasteiger partial charge in [0.15, 0.2) is 6.23 Å². The van der Waals surface area contributed by atoms with Gasteiger partial charge in [-0.3, -0.25) is 4.57 Å². The van der Waals surface area contributed by atoms with Crippen molar-refractivity contribution in [1.82, 2.24) is 9.55 Å². The van der Waals surface area contributed by atoms with Gasteiger partial charge in [0.2, 0.25) is 0 Å². The number of rotatable bonds is 3. The van der Waals surface area contributed by atoms with E-state index in [4.69, 9.17) is 15.2 Å². The van der Waals surface area contributed by atoms with Crippen LogP contribution in [0.2, 0.25) is 0 Å². The molecular formula is C13H20N4O5. The maximum absolute atomic E-state index is 12.2. The molecule has 4 atom stereocenters. The number of hydrogen-bond donors (Lipinski definition) is 3. The Morgan fingerprint density at radius 3 is 2.64 bits per heavy atom. The molecular weight excluding hydrogens is 292 g/mol. The van der Waals surface area contributed by atoms with E-state index in [0.717, 1.165) is 0 Å². The molecule has 0 aromatic carbocycles. The van der Waals surface area contributed by atoms with Crippen LogP contribution < -0.4 is 16.3 Å². The Bertz CT molecular complexity index is 574. The summed E-state index contributed by atoms with van der Waals surface area (Å²) >= 11 is 0. The summed E-state index contributed by atoms with van der Waals surface area (Å²) in [5, 5.41) is 19.8. The molecule has 0 spiro atoms. The third-order valence-corrected chi connectivity index (χ3v) is 3.99. The normalized spacial score (nSPS) is 32.4. The van der Waals surface area contributed by atoms with Gasteiger partial charge >= 0.3 is 5.69 Å². The van der Waals surface area contributed by atoms with Gasteiger partial charge in [-0.15, -0.1) is 0 Å². The lowest BCUT2D eigenvalue weighted by molar-refractivity contribution is -0.0371. The van der Waals surface area contributed by atoms with Crippen molar-refractivity contribution in [2.45, 2.75) is 24.5 Å². The molecule has 2 saturated heterocycles. The van der Waals surface area contributed by atoms with Crippen LogP contribution in [0.5, 0.6) is 0 Å². The first-order valence-corrected chi connectivity index (χ1v) is 7.25. The molecule has 4 N–H and O–H groups in total. The zero-order valence-electron chi connectivity index (χ0n) is 12.0. The van der Waals surface area contributed by atoms with Gasteiger partial charge in [-0.25, -0.2) is 4.79 Å². The first kappa shape index (κ1) is 15.4. The quantitative estimate of drug-likeness (QED) is 0.567. The number of aliphatic hydroxyl groups is 2. The number of nitrogens with zero attached hydrogens (tertiary/aromatic N) is 3. The van der Waals surface area contributed by atoms with E-state index in [1.807, 2.05) is 4.90 Å². The Morgan fingerprint density at radius 1 is 1.32 bits per heavy atom. The largest absolute Gasteiger partial charge is 0.387 e. The highest BCUT2D eigenvalue weighted by molar-refractivity contribution is 5.36. The molecule has 9 heteroatoms. The van der Waals surface area contributed by atoms with E-state index >= 15 is 0 Å². The summed E-state index contributed by atoms with van der Waals surface area (Å²) in [4.78, 5) is 18.2. The molecule has 0 aliphatic carbocycles. The molecule has 3 heterocycles. The first-order valence-electron chi connectivity index (χ1n) is 7.25. The van der Waals surface area contributed by atoms with E-state index in [2.05, 4.69) is 4.98 Å². The predicted octanol–water partition coefficient (Wildman–Crippen LogP) is -2.34. The number of morpholine rings is 1. The smallest absolute Gasteiger partial charge is 0.351 e. The van der Waals surface area contributed by atoms with Crippen molar-refractivity contribution in [2.75, 3.05) is 37.7 Å². The average molecular weight is 312 g/mol. The molecule has 3 rings (SSSR count). The highest BCUT2D eigenvalue weighted by Crippen LogP contribution is 2.28. The molecule has 2 aliphatic heterocycles. The molecule has 1 aromatic heterocycles. The second-order valence-corrected chi connectivity index (χ2v) is 5.36. The Hall–Kier alpha value is -1.52. The van der Waals surface area contributed by atoms with Crippen molar-refractivity contribution in [3.63, 3.8) is 0 Å². The third-order valence-electron chi connectivity index (χ3n) is 3.99. The molecule has 1 aromatic rings. The fourth-order valence-corrected chi connectivity index (χ4v) is 2.72. The van der Waals surface area contributed by atoms with Gasteiger partial charge in [-0.1, -0.05) is 0 Å². The fourth-order valence-electron chi connectivity index (χ4n) is 2.72. The molecule has 122 valence electrons. The minimum atomic E-state index is -1.22. The van der Waals surface area contributed by atoms with E-state index in [0.29, 0.717) is 32.1 Å². The van der Waals surface area contributed by atoms with Gasteiger partial charge < -0.3 is 30.3 Å². The summed E-state index contributed by atoms with van der Waals surface area (Å²) in [5.41, 5.74) is 4.93. The first-order chi connectivity index (χ1) is 10.6.